The molecule has 1 atom stereocenters. The second-order valence-electron chi connectivity index (χ2n) is 4.65. The Morgan fingerprint density at radius 3 is 2.75 bits per heavy atom. The molecule has 1 aliphatic rings. The molecule has 1 amide bonds. The SMILES string of the molecule is CC(C(=O)c1ccc2c(c1)C(=O)NCCO2)S(C)(=O)=O. The van der Waals surface area contributed by atoms with Crippen LogP contribution in [0.5, 0.6) is 5.75 Å². The fourth-order valence-electron chi connectivity index (χ4n) is 1.84. The van der Waals surface area contributed by atoms with Crippen molar-refractivity contribution in [3.63, 3.8) is 0 Å². The number of ether oxygens (including phenoxy) is 1. The van der Waals surface area contributed by atoms with Crippen LogP contribution in [0.1, 0.15) is 27.6 Å². The van der Waals surface area contributed by atoms with Crippen LogP contribution < -0.4 is 10.1 Å². The van der Waals surface area contributed by atoms with Gasteiger partial charge in [-0.2, -0.15) is 0 Å². The molecule has 1 aromatic carbocycles. The summed E-state index contributed by atoms with van der Waals surface area (Å²) in [5, 5.41) is 1.49. The van der Waals surface area contributed by atoms with Gasteiger partial charge in [-0.1, -0.05) is 0 Å². The molecule has 0 saturated heterocycles. The first kappa shape index (κ1) is 14.5. The van der Waals surface area contributed by atoms with E-state index >= 15 is 0 Å². The first-order valence-corrected chi connectivity index (χ1v) is 8.04. The number of nitrogens with one attached hydrogen (secondary N) is 1. The van der Waals surface area contributed by atoms with Gasteiger partial charge in [0.1, 0.15) is 17.6 Å². The van der Waals surface area contributed by atoms with Crippen molar-refractivity contribution in [2.75, 3.05) is 19.4 Å². The molecule has 1 aliphatic heterocycles. The van der Waals surface area contributed by atoms with Gasteiger partial charge in [0.2, 0.25) is 0 Å². The van der Waals surface area contributed by atoms with Gasteiger partial charge in [0.25, 0.3) is 5.91 Å². The third-order valence-electron chi connectivity index (χ3n) is 3.17. The number of sulfone groups is 1. The van der Waals surface area contributed by atoms with Crippen LogP contribution in [-0.4, -0.2) is 44.8 Å². The molecule has 20 heavy (non-hydrogen) atoms. The van der Waals surface area contributed by atoms with E-state index in [4.69, 9.17) is 4.74 Å². The molecule has 0 saturated carbocycles. The fourth-order valence-corrected chi connectivity index (χ4v) is 2.36. The number of Topliss-reactive ketones (excluding diaryl/α,β-unsaturated/α-hetero) is 1. The first-order valence-electron chi connectivity index (χ1n) is 6.09. The van der Waals surface area contributed by atoms with E-state index in [-0.39, 0.29) is 17.0 Å². The van der Waals surface area contributed by atoms with Crippen LogP contribution in [0.3, 0.4) is 0 Å². The topological polar surface area (TPSA) is 89.5 Å². The van der Waals surface area contributed by atoms with Crippen molar-refractivity contribution in [1.82, 2.24) is 5.32 Å². The van der Waals surface area contributed by atoms with E-state index in [1.165, 1.54) is 25.1 Å². The molecule has 0 bridgehead atoms. The number of carbonyl (C=O) groups excluding carboxylic acids is 2. The summed E-state index contributed by atoms with van der Waals surface area (Å²) >= 11 is 0. The normalized spacial score (nSPS) is 16.4. The number of benzene rings is 1. The highest BCUT2D eigenvalue weighted by Gasteiger charge is 2.26. The average Bonchev–Trinajstić information content (AvgIpc) is 2.58. The summed E-state index contributed by atoms with van der Waals surface area (Å²) in [4.78, 5) is 23.9. The number of fused-ring (bicyclic) bond motifs is 1. The van der Waals surface area contributed by atoms with Crippen LogP contribution in [0.25, 0.3) is 0 Å². The number of hydrogen-bond acceptors (Lipinski definition) is 5. The van der Waals surface area contributed by atoms with E-state index in [9.17, 15) is 18.0 Å². The lowest BCUT2D eigenvalue weighted by molar-refractivity contribution is 0.0957. The molecular weight excluding hydrogens is 282 g/mol. The second kappa shape index (κ2) is 5.24. The molecule has 6 nitrogen and oxygen atoms in total. The number of rotatable bonds is 3. The lowest BCUT2D eigenvalue weighted by Crippen LogP contribution is -2.27. The van der Waals surface area contributed by atoms with Gasteiger partial charge in [-0.05, 0) is 25.1 Å². The highest BCUT2D eigenvalue weighted by molar-refractivity contribution is 7.92. The van der Waals surface area contributed by atoms with Crippen LogP contribution in [0.4, 0.5) is 0 Å². The molecule has 0 aromatic heterocycles. The van der Waals surface area contributed by atoms with Crippen molar-refractivity contribution in [2.24, 2.45) is 0 Å². The molecular formula is C13H15NO5S. The van der Waals surface area contributed by atoms with Gasteiger partial charge >= 0.3 is 0 Å². The number of hydrogen-bond donors (Lipinski definition) is 1. The van der Waals surface area contributed by atoms with Crippen molar-refractivity contribution in [2.45, 2.75) is 12.2 Å². The highest BCUT2D eigenvalue weighted by Crippen LogP contribution is 2.23. The standard InChI is InChI=1S/C13H15NO5S/c1-8(20(2,17)18)12(15)9-3-4-11-10(7-9)13(16)14-5-6-19-11/h3-4,7-8H,5-6H2,1-2H3,(H,14,16). The zero-order valence-corrected chi connectivity index (χ0v) is 12.0. The summed E-state index contributed by atoms with van der Waals surface area (Å²) < 4.78 is 28.2. The van der Waals surface area contributed by atoms with E-state index in [0.29, 0.717) is 18.9 Å². The number of ketones is 1. The molecule has 0 spiro atoms. The van der Waals surface area contributed by atoms with Crippen LogP contribution in [0, 0.1) is 0 Å². The predicted molar refractivity (Wildman–Crippen MR) is 72.9 cm³/mol. The van der Waals surface area contributed by atoms with Gasteiger partial charge in [0.05, 0.1) is 12.1 Å². The van der Waals surface area contributed by atoms with Crippen molar-refractivity contribution >= 4 is 21.5 Å². The minimum atomic E-state index is -3.47. The molecule has 7 heteroatoms. The Labute approximate surface area is 117 Å². The van der Waals surface area contributed by atoms with E-state index in [1.54, 1.807) is 0 Å². The summed E-state index contributed by atoms with van der Waals surface area (Å²) in [6.45, 7) is 2.07. The predicted octanol–water partition coefficient (Wildman–Crippen LogP) is 0.425. The lowest BCUT2D eigenvalue weighted by atomic mass is 10.0. The summed E-state index contributed by atoms with van der Waals surface area (Å²) in [5.74, 6) is -0.477. The van der Waals surface area contributed by atoms with Crippen LogP contribution >= 0.6 is 0 Å². The zero-order valence-electron chi connectivity index (χ0n) is 11.2. The Morgan fingerprint density at radius 1 is 1.40 bits per heavy atom. The molecule has 108 valence electrons. The molecule has 0 radical (unpaired) electrons. The first-order chi connectivity index (χ1) is 9.30. The smallest absolute Gasteiger partial charge is 0.255 e. The van der Waals surface area contributed by atoms with Gasteiger partial charge < -0.3 is 10.1 Å². The molecule has 1 N–H and O–H groups in total. The third-order valence-corrected chi connectivity index (χ3v) is 4.66. The van der Waals surface area contributed by atoms with E-state index in [1.807, 2.05) is 0 Å². The van der Waals surface area contributed by atoms with Gasteiger partial charge in [-0.25, -0.2) is 8.42 Å². The molecule has 0 aliphatic carbocycles. The molecule has 1 heterocycles. The Kier molecular flexibility index (Phi) is 3.80. The van der Waals surface area contributed by atoms with Crippen molar-refractivity contribution < 1.29 is 22.7 Å². The van der Waals surface area contributed by atoms with Crippen LogP contribution in [0.15, 0.2) is 18.2 Å². The minimum Gasteiger partial charge on any atom is -0.491 e. The van der Waals surface area contributed by atoms with E-state index < -0.39 is 20.9 Å². The van der Waals surface area contributed by atoms with E-state index in [2.05, 4.69) is 5.32 Å². The monoisotopic (exact) mass is 297 g/mol. The number of amides is 1. The molecule has 0 fully saturated rings. The maximum absolute atomic E-state index is 12.1. The van der Waals surface area contributed by atoms with Gasteiger partial charge in [-0.15, -0.1) is 0 Å². The summed E-state index contributed by atoms with van der Waals surface area (Å²) in [5.41, 5.74) is 0.427. The molecule has 1 aromatic rings. The summed E-state index contributed by atoms with van der Waals surface area (Å²) in [7, 11) is -3.47. The van der Waals surface area contributed by atoms with Crippen LogP contribution in [0.2, 0.25) is 0 Å². The Bertz CT molecular complexity index is 665. The molecule has 1 unspecified atom stereocenters. The van der Waals surface area contributed by atoms with Crippen molar-refractivity contribution in [1.29, 1.82) is 0 Å². The fraction of sp³-hybridized carbons (Fsp3) is 0.385. The number of carbonyl (C=O) groups is 2. The Hall–Kier alpha value is -1.89. The van der Waals surface area contributed by atoms with Gasteiger partial charge in [-0.3, -0.25) is 9.59 Å². The van der Waals surface area contributed by atoms with Crippen LogP contribution in [-0.2, 0) is 9.84 Å². The third kappa shape index (κ3) is 2.82. The van der Waals surface area contributed by atoms with E-state index in [0.717, 1.165) is 6.26 Å². The second-order valence-corrected chi connectivity index (χ2v) is 7.02. The van der Waals surface area contributed by atoms with Gasteiger partial charge in [0.15, 0.2) is 15.6 Å². The molecule has 2 rings (SSSR count). The quantitative estimate of drug-likeness (QED) is 0.817. The minimum absolute atomic E-state index is 0.183. The maximum atomic E-state index is 12.1. The summed E-state index contributed by atoms with van der Waals surface area (Å²) in [6.07, 6.45) is 1.01. The summed E-state index contributed by atoms with van der Waals surface area (Å²) in [6, 6.07) is 4.36. The lowest BCUT2D eigenvalue weighted by Gasteiger charge is -2.11. The average molecular weight is 297 g/mol. The van der Waals surface area contributed by atoms with Crippen molar-refractivity contribution in [3.05, 3.63) is 29.3 Å². The Balaban J connectivity index is 2.41. The largest absolute Gasteiger partial charge is 0.491 e. The van der Waals surface area contributed by atoms with Crippen molar-refractivity contribution in [3.8, 4) is 5.75 Å². The van der Waals surface area contributed by atoms with Gasteiger partial charge in [0, 0.05) is 11.8 Å². The maximum Gasteiger partial charge on any atom is 0.255 e. The zero-order chi connectivity index (χ0) is 14.9. The Morgan fingerprint density at radius 2 is 2.10 bits per heavy atom. The highest BCUT2D eigenvalue weighted by atomic mass is 32.2.